The summed E-state index contributed by atoms with van der Waals surface area (Å²) in [6.45, 7) is 0.930. The number of anilines is 1. The minimum absolute atomic E-state index is 0.00106. The van der Waals surface area contributed by atoms with Crippen molar-refractivity contribution in [3.05, 3.63) is 77.2 Å². The van der Waals surface area contributed by atoms with Crippen molar-refractivity contribution >= 4 is 5.69 Å². The number of fused-ring (bicyclic) bond motifs is 5. The van der Waals surface area contributed by atoms with E-state index < -0.39 is 0 Å². The Labute approximate surface area is 158 Å². The molecule has 27 heavy (non-hydrogen) atoms. The Morgan fingerprint density at radius 2 is 1.81 bits per heavy atom. The van der Waals surface area contributed by atoms with Crippen LogP contribution < -0.4 is 14.8 Å². The summed E-state index contributed by atoms with van der Waals surface area (Å²) >= 11 is 0. The van der Waals surface area contributed by atoms with Crippen LogP contribution >= 0.6 is 0 Å². The van der Waals surface area contributed by atoms with Crippen LogP contribution in [0, 0.1) is 0 Å². The molecule has 5 rings (SSSR count). The van der Waals surface area contributed by atoms with Crippen LogP contribution in [0.25, 0.3) is 0 Å². The Balaban J connectivity index is 1.69. The molecule has 138 valence electrons. The average Bonchev–Trinajstić information content (AvgIpc) is 3.26. The van der Waals surface area contributed by atoms with Crippen molar-refractivity contribution in [2.24, 2.45) is 0 Å². The molecule has 3 aromatic rings. The van der Waals surface area contributed by atoms with Gasteiger partial charge in [-0.05, 0) is 53.4 Å². The molecule has 3 heterocycles. The Bertz CT molecular complexity index is 968. The second-order valence-corrected chi connectivity index (χ2v) is 6.95. The van der Waals surface area contributed by atoms with E-state index in [-0.39, 0.29) is 12.2 Å². The molecule has 0 bridgehead atoms. The maximum atomic E-state index is 5.76. The Kier molecular flexibility index (Phi) is 3.83. The maximum Gasteiger partial charge on any atom is 0.161 e. The number of hydrogen-bond donors (Lipinski definition) is 1. The summed E-state index contributed by atoms with van der Waals surface area (Å²) in [6.07, 6.45) is 2.69. The first kappa shape index (κ1) is 16.3. The van der Waals surface area contributed by atoms with Crippen LogP contribution in [-0.4, -0.2) is 25.7 Å². The van der Waals surface area contributed by atoms with Gasteiger partial charge >= 0.3 is 0 Å². The molecule has 0 saturated heterocycles. The first-order chi connectivity index (χ1) is 13.3. The first-order valence-corrected chi connectivity index (χ1v) is 9.19. The number of rotatable bonds is 3. The minimum atomic E-state index is 0.00106. The van der Waals surface area contributed by atoms with E-state index in [2.05, 4.69) is 46.6 Å². The molecule has 0 unspecified atom stereocenters. The molecule has 0 aliphatic carbocycles. The number of para-hydroxylation sites is 1. The monoisotopic (exact) mass is 362 g/mol. The molecule has 2 aromatic carbocycles. The first-order valence-electron chi connectivity index (χ1n) is 9.19. The normalized spacial score (nSPS) is 20.8. The largest absolute Gasteiger partial charge is 0.493 e. The second kappa shape index (κ2) is 6.35. The van der Waals surface area contributed by atoms with Crippen LogP contribution in [0.5, 0.6) is 11.5 Å². The number of hydrogen-bond acceptors (Lipinski definition) is 5. The minimum Gasteiger partial charge on any atom is -0.493 e. The van der Waals surface area contributed by atoms with Gasteiger partial charge in [0.25, 0.3) is 0 Å². The van der Waals surface area contributed by atoms with Gasteiger partial charge in [-0.2, -0.15) is 0 Å². The van der Waals surface area contributed by atoms with Gasteiger partial charge in [0.05, 0.1) is 26.5 Å². The van der Waals surface area contributed by atoms with Gasteiger partial charge in [0.15, 0.2) is 11.5 Å². The topological polar surface area (TPSA) is 46.9 Å². The van der Waals surface area contributed by atoms with Crippen LogP contribution in [-0.2, 0) is 6.42 Å². The molecule has 2 aliphatic rings. The van der Waals surface area contributed by atoms with Crippen molar-refractivity contribution in [3.63, 3.8) is 0 Å². The Morgan fingerprint density at radius 1 is 1.00 bits per heavy atom. The number of methoxy groups -OCH3 is 2. The molecule has 2 atom stereocenters. The Morgan fingerprint density at radius 3 is 2.59 bits per heavy atom. The highest BCUT2D eigenvalue weighted by Gasteiger charge is 2.40. The molecular weight excluding hydrogens is 340 g/mol. The second-order valence-electron chi connectivity index (χ2n) is 6.95. The van der Waals surface area contributed by atoms with Crippen molar-refractivity contribution in [3.8, 4) is 11.5 Å². The van der Waals surface area contributed by atoms with E-state index in [9.17, 15) is 0 Å². The molecule has 0 radical (unpaired) electrons. The van der Waals surface area contributed by atoms with Gasteiger partial charge in [-0.15, -0.1) is 0 Å². The van der Waals surface area contributed by atoms with E-state index in [1.165, 1.54) is 16.7 Å². The number of furan rings is 1. The van der Waals surface area contributed by atoms with E-state index >= 15 is 0 Å². The predicted molar refractivity (Wildman–Crippen MR) is 103 cm³/mol. The van der Waals surface area contributed by atoms with Crippen molar-refractivity contribution in [2.45, 2.75) is 18.6 Å². The summed E-state index contributed by atoms with van der Waals surface area (Å²) in [5, 5.41) is 3.66. The average molecular weight is 362 g/mol. The summed E-state index contributed by atoms with van der Waals surface area (Å²) in [4.78, 5) is 2.47. The molecule has 5 nitrogen and oxygen atoms in total. The molecular formula is C22H22N2O3. The summed E-state index contributed by atoms with van der Waals surface area (Å²) < 4.78 is 16.9. The lowest BCUT2D eigenvalue weighted by atomic mass is 9.85. The number of benzene rings is 2. The highest BCUT2D eigenvalue weighted by molar-refractivity contribution is 5.61. The van der Waals surface area contributed by atoms with Crippen molar-refractivity contribution in [1.82, 2.24) is 4.90 Å². The van der Waals surface area contributed by atoms with Crippen LogP contribution in [0.4, 0.5) is 5.69 Å². The lowest BCUT2D eigenvalue weighted by molar-refractivity contribution is 0.137. The summed E-state index contributed by atoms with van der Waals surface area (Å²) in [6, 6.07) is 16.9. The fraction of sp³-hybridized carbons (Fsp3) is 0.273. The van der Waals surface area contributed by atoms with Gasteiger partial charge in [0.2, 0.25) is 0 Å². The fourth-order valence-electron chi connectivity index (χ4n) is 4.37. The SMILES string of the molecule is COc1cc2c(cc1OC)[C@@H]1c3ccccc3N[C@H](c3ccco3)N1CC2. The molecule has 2 aliphatic heterocycles. The van der Waals surface area contributed by atoms with E-state index in [0.29, 0.717) is 0 Å². The maximum absolute atomic E-state index is 5.76. The van der Waals surface area contributed by atoms with Crippen molar-refractivity contribution < 1.29 is 13.9 Å². The van der Waals surface area contributed by atoms with E-state index in [1.54, 1.807) is 20.5 Å². The lowest BCUT2D eigenvalue weighted by Gasteiger charge is -2.46. The van der Waals surface area contributed by atoms with Gasteiger partial charge in [-0.25, -0.2) is 0 Å². The number of nitrogens with zero attached hydrogens (tertiary/aromatic N) is 1. The van der Waals surface area contributed by atoms with Crippen LogP contribution in [0.15, 0.2) is 59.2 Å². The molecule has 0 fully saturated rings. The third-order valence-electron chi connectivity index (χ3n) is 5.60. The van der Waals surface area contributed by atoms with Crippen LogP contribution in [0.1, 0.15) is 34.7 Å². The fourth-order valence-corrected chi connectivity index (χ4v) is 4.37. The highest BCUT2D eigenvalue weighted by Crippen LogP contribution is 2.48. The van der Waals surface area contributed by atoms with Crippen molar-refractivity contribution in [2.75, 3.05) is 26.1 Å². The summed E-state index contributed by atoms with van der Waals surface area (Å²) in [7, 11) is 3.37. The zero-order chi connectivity index (χ0) is 18.4. The summed E-state index contributed by atoms with van der Waals surface area (Å²) in [5.41, 5.74) is 4.99. The van der Waals surface area contributed by atoms with Gasteiger partial charge < -0.3 is 19.2 Å². The standard InChI is InChI=1S/C22H22N2O3/c1-25-19-12-14-9-10-24-21(16(14)13-20(19)26-2)15-6-3-4-7-17(15)23-22(24)18-8-5-11-27-18/h3-8,11-13,21-23H,9-10H2,1-2H3/t21-,22-/m0/s1. The smallest absolute Gasteiger partial charge is 0.161 e. The van der Waals surface area contributed by atoms with E-state index in [0.717, 1.165) is 35.9 Å². The van der Waals surface area contributed by atoms with E-state index in [1.807, 2.05) is 12.1 Å². The molecule has 1 aromatic heterocycles. The van der Waals surface area contributed by atoms with Gasteiger partial charge in [0, 0.05) is 12.2 Å². The van der Waals surface area contributed by atoms with Gasteiger partial charge in [-0.1, -0.05) is 18.2 Å². The molecule has 1 N–H and O–H groups in total. The quantitative estimate of drug-likeness (QED) is 0.750. The zero-order valence-electron chi connectivity index (χ0n) is 15.4. The van der Waals surface area contributed by atoms with E-state index in [4.69, 9.17) is 13.9 Å². The predicted octanol–water partition coefficient (Wildman–Crippen LogP) is 4.37. The molecule has 0 saturated carbocycles. The third-order valence-corrected chi connectivity index (χ3v) is 5.60. The van der Waals surface area contributed by atoms with Gasteiger partial charge in [-0.3, -0.25) is 4.90 Å². The number of nitrogens with one attached hydrogen (secondary N) is 1. The zero-order valence-corrected chi connectivity index (χ0v) is 15.4. The Hall–Kier alpha value is -2.92. The van der Waals surface area contributed by atoms with Crippen molar-refractivity contribution in [1.29, 1.82) is 0 Å². The molecule has 0 amide bonds. The van der Waals surface area contributed by atoms with Gasteiger partial charge in [0.1, 0.15) is 11.9 Å². The number of ether oxygens (including phenoxy) is 2. The molecule has 5 heteroatoms. The van der Waals surface area contributed by atoms with Crippen LogP contribution in [0.2, 0.25) is 0 Å². The lowest BCUT2D eigenvalue weighted by Crippen LogP contribution is -2.45. The molecule has 0 spiro atoms. The van der Waals surface area contributed by atoms with Crippen LogP contribution in [0.3, 0.4) is 0 Å². The summed E-state index contributed by atoms with van der Waals surface area (Å²) in [5.74, 6) is 2.48. The third kappa shape index (κ3) is 2.50. The highest BCUT2D eigenvalue weighted by atomic mass is 16.5.